The molecule has 216 valence electrons. The van der Waals surface area contributed by atoms with Gasteiger partial charge in [-0.2, -0.15) is 0 Å². The van der Waals surface area contributed by atoms with Crippen molar-refractivity contribution in [3.8, 4) is 0 Å². The fourth-order valence-electron chi connectivity index (χ4n) is 4.35. The molecule has 0 bridgehead atoms. The van der Waals surface area contributed by atoms with Gasteiger partial charge in [0.15, 0.2) is 12.2 Å². The van der Waals surface area contributed by atoms with Crippen LogP contribution in [-0.2, 0) is 27.1 Å². The Balaban J connectivity index is 0.000000580. The summed E-state index contributed by atoms with van der Waals surface area (Å²) < 4.78 is 10.4. The van der Waals surface area contributed by atoms with Crippen LogP contribution in [0.4, 0.5) is 11.5 Å². The summed E-state index contributed by atoms with van der Waals surface area (Å²) in [6.45, 7) is 14.2. The lowest BCUT2D eigenvalue weighted by atomic mass is 10.1. The van der Waals surface area contributed by atoms with E-state index in [0.29, 0.717) is 6.04 Å². The molecule has 1 unspecified atom stereocenters. The van der Waals surface area contributed by atoms with Gasteiger partial charge in [-0.05, 0) is 103 Å². The van der Waals surface area contributed by atoms with E-state index in [4.69, 9.17) is 14.5 Å². The normalized spacial score (nSPS) is 14.1. The van der Waals surface area contributed by atoms with Crippen LogP contribution in [0.1, 0.15) is 71.6 Å². The van der Waals surface area contributed by atoms with Gasteiger partial charge in [-0.25, -0.2) is 9.78 Å². The highest BCUT2D eigenvalue weighted by atomic mass is 16.5. The summed E-state index contributed by atoms with van der Waals surface area (Å²) in [6, 6.07) is 15.4. The summed E-state index contributed by atoms with van der Waals surface area (Å²) in [5.41, 5.74) is 3.51. The third-order valence-electron chi connectivity index (χ3n) is 6.55. The second-order valence-corrected chi connectivity index (χ2v) is 11.3. The fourth-order valence-corrected chi connectivity index (χ4v) is 4.35. The molecular weight excluding hydrogens is 488 g/mol. The number of methoxy groups -OCH3 is 1. The number of pyridine rings is 1. The molecule has 3 rings (SSSR count). The van der Waals surface area contributed by atoms with E-state index in [-0.39, 0.29) is 11.7 Å². The molecule has 2 atom stereocenters. The molecule has 39 heavy (non-hydrogen) atoms. The number of benzene rings is 1. The van der Waals surface area contributed by atoms with Crippen molar-refractivity contribution in [1.82, 2.24) is 9.88 Å². The van der Waals surface area contributed by atoms with Crippen molar-refractivity contribution in [3.63, 3.8) is 0 Å². The molecule has 2 N–H and O–H groups in total. The average Bonchev–Trinajstić information content (AvgIpc) is 2.93. The van der Waals surface area contributed by atoms with Crippen LogP contribution in [0.15, 0.2) is 48.7 Å². The second-order valence-electron chi connectivity index (χ2n) is 11.3. The Labute approximate surface area is 236 Å². The highest BCUT2D eigenvalue weighted by molar-refractivity contribution is 5.47. The Morgan fingerprint density at radius 1 is 1.13 bits per heavy atom. The standard InChI is InChI=1S/C26H40N4O.C6H10O2/c1-21(28-24-11-5-4-6-12-24)16-19-30(20-22(2)31-3)18-8-7-13-25-15-14-23-10-9-17-27-26(23)29-25;1-6(2,3)8-5-4-7/h4-6,11-12,14-15,21-22,28H,7-10,13,16-20H2,1-3H3,(H,27,29);5H,1-3H3/t21?,22-;/m1./s1. The van der Waals surface area contributed by atoms with E-state index in [2.05, 4.69) is 71.8 Å². The Bertz CT molecular complexity index is 987. The number of para-hydroxylation sites is 1. The average molecular weight is 539 g/mol. The van der Waals surface area contributed by atoms with Crippen LogP contribution in [0.5, 0.6) is 0 Å². The van der Waals surface area contributed by atoms with E-state index in [1.165, 1.54) is 42.1 Å². The van der Waals surface area contributed by atoms with Crippen LogP contribution >= 0.6 is 0 Å². The second kappa shape index (κ2) is 17.7. The molecule has 7 heteroatoms. The fraction of sp³-hybridized carbons (Fsp3) is 0.594. The molecule has 1 aromatic carbocycles. The summed E-state index contributed by atoms with van der Waals surface area (Å²) >= 11 is 0. The van der Waals surface area contributed by atoms with Crippen molar-refractivity contribution in [2.24, 2.45) is 0 Å². The molecule has 0 aliphatic carbocycles. The number of aryl methyl sites for hydroxylation is 2. The molecule has 2 heterocycles. The zero-order valence-electron chi connectivity index (χ0n) is 25.0. The molecule has 0 amide bonds. The summed E-state index contributed by atoms with van der Waals surface area (Å²) in [5.74, 6) is 2.64. The molecule has 0 fully saturated rings. The molecule has 1 aliphatic heterocycles. The van der Waals surface area contributed by atoms with Gasteiger partial charge in [-0.1, -0.05) is 24.3 Å². The molecule has 7 nitrogen and oxygen atoms in total. The number of aromatic nitrogens is 1. The van der Waals surface area contributed by atoms with Gasteiger partial charge in [0.25, 0.3) is 0 Å². The summed E-state index contributed by atoms with van der Waals surface area (Å²) in [5, 5.41) is 7.05. The topological polar surface area (TPSA) is 75.7 Å². The van der Waals surface area contributed by atoms with Crippen LogP contribution in [0.3, 0.4) is 0 Å². The number of nitrogens with zero attached hydrogens (tertiary/aromatic N) is 2. The minimum atomic E-state index is -0.266. The largest absolute Gasteiger partial charge is 0.484 e. The van der Waals surface area contributed by atoms with Gasteiger partial charge in [-0.15, -0.1) is 0 Å². The van der Waals surface area contributed by atoms with Crippen LogP contribution in [-0.4, -0.2) is 66.9 Å². The first-order valence-electron chi connectivity index (χ1n) is 14.4. The zero-order chi connectivity index (χ0) is 28.5. The predicted molar refractivity (Wildman–Crippen MR) is 162 cm³/mol. The third-order valence-corrected chi connectivity index (χ3v) is 6.55. The molecule has 1 aromatic heterocycles. The molecule has 0 spiro atoms. The van der Waals surface area contributed by atoms with Crippen LogP contribution < -0.4 is 10.6 Å². The predicted octanol–water partition coefficient (Wildman–Crippen LogP) is 6.14. The molecule has 2 aromatic rings. The minimum Gasteiger partial charge on any atom is -0.484 e. The zero-order valence-corrected chi connectivity index (χ0v) is 25.0. The first-order valence-corrected chi connectivity index (χ1v) is 14.4. The number of fused-ring (bicyclic) bond motifs is 1. The number of ether oxygens (including phenoxy) is 2. The van der Waals surface area contributed by atoms with E-state index in [0.717, 1.165) is 57.5 Å². The first kappa shape index (κ1) is 32.4. The smallest absolute Gasteiger partial charge is 0.167 e. The Hall–Kier alpha value is -2.86. The summed E-state index contributed by atoms with van der Waals surface area (Å²) in [7, 11) is 1.80. The first-order chi connectivity index (χ1) is 18.7. The molecule has 0 saturated heterocycles. The van der Waals surface area contributed by atoms with Crippen LogP contribution in [0.2, 0.25) is 0 Å². The quantitative estimate of drug-likeness (QED) is 0.170. The maximum atomic E-state index is 9.55. The van der Waals surface area contributed by atoms with E-state index in [9.17, 15) is 4.79 Å². The number of carbonyl (C=O) groups excluding carboxylic acids is 1. The number of nitrogens with one attached hydrogen (secondary N) is 2. The van der Waals surface area contributed by atoms with Crippen LogP contribution in [0.25, 0.3) is 0 Å². The van der Waals surface area contributed by atoms with Crippen molar-refractivity contribution in [1.29, 1.82) is 0 Å². The van der Waals surface area contributed by atoms with Gasteiger partial charge < -0.3 is 25.0 Å². The Morgan fingerprint density at radius 3 is 2.56 bits per heavy atom. The summed E-state index contributed by atoms with van der Waals surface area (Å²) in [4.78, 5) is 16.9. The van der Waals surface area contributed by atoms with Crippen molar-refractivity contribution >= 4 is 17.4 Å². The van der Waals surface area contributed by atoms with Crippen LogP contribution in [0, 0.1) is 0 Å². The molecule has 1 aliphatic rings. The SMILES string of the molecule is CC(C)(C)OC=C=O.CO[C@H](C)CN(CCCCc1ccc2c(n1)NCCC2)CCC(C)Nc1ccccc1. The third kappa shape index (κ3) is 14.2. The number of rotatable bonds is 14. The van der Waals surface area contributed by atoms with Crippen molar-refractivity contribution in [3.05, 3.63) is 60.0 Å². The number of anilines is 2. The number of hydrogen-bond acceptors (Lipinski definition) is 7. The summed E-state index contributed by atoms with van der Waals surface area (Å²) in [6.07, 6.45) is 8.16. The molecular formula is C32H50N4O3. The lowest BCUT2D eigenvalue weighted by Gasteiger charge is -2.27. The van der Waals surface area contributed by atoms with Gasteiger partial charge in [0.1, 0.15) is 11.4 Å². The lowest BCUT2D eigenvalue weighted by Crippen LogP contribution is -2.35. The molecule has 0 saturated carbocycles. The van der Waals surface area contributed by atoms with E-state index in [1.807, 2.05) is 20.8 Å². The number of hydrogen-bond donors (Lipinski definition) is 2. The number of unbranched alkanes of at least 4 members (excludes halogenated alkanes) is 1. The maximum absolute atomic E-state index is 9.55. The van der Waals surface area contributed by atoms with Gasteiger partial charge in [-0.3, -0.25) is 0 Å². The van der Waals surface area contributed by atoms with Crippen molar-refractivity contribution in [2.75, 3.05) is 43.9 Å². The Morgan fingerprint density at radius 2 is 1.90 bits per heavy atom. The van der Waals surface area contributed by atoms with E-state index >= 15 is 0 Å². The monoisotopic (exact) mass is 538 g/mol. The van der Waals surface area contributed by atoms with Gasteiger partial charge in [0.05, 0.1) is 6.10 Å². The van der Waals surface area contributed by atoms with Gasteiger partial charge in [0.2, 0.25) is 0 Å². The van der Waals surface area contributed by atoms with Crippen molar-refractivity contribution < 1.29 is 14.3 Å². The highest BCUT2D eigenvalue weighted by Crippen LogP contribution is 2.20. The Kier molecular flexibility index (Phi) is 14.7. The molecule has 0 radical (unpaired) electrons. The minimum absolute atomic E-state index is 0.255. The van der Waals surface area contributed by atoms with E-state index < -0.39 is 0 Å². The lowest BCUT2D eigenvalue weighted by molar-refractivity contribution is 0.0755. The van der Waals surface area contributed by atoms with Gasteiger partial charge in [0, 0.05) is 44.2 Å². The van der Waals surface area contributed by atoms with Crippen molar-refractivity contribution in [2.45, 2.75) is 90.9 Å². The van der Waals surface area contributed by atoms with E-state index in [1.54, 1.807) is 7.11 Å². The maximum Gasteiger partial charge on any atom is 0.167 e. The van der Waals surface area contributed by atoms with Gasteiger partial charge >= 0.3 is 0 Å². The highest BCUT2D eigenvalue weighted by Gasteiger charge is 2.13.